The fourth-order valence-electron chi connectivity index (χ4n) is 3.04. The second kappa shape index (κ2) is 7.05. The third-order valence-electron chi connectivity index (χ3n) is 4.33. The first-order valence-electron chi connectivity index (χ1n) is 8.23. The van der Waals surface area contributed by atoms with Crippen molar-refractivity contribution in [2.45, 2.75) is 6.17 Å². The van der Waals surface area contributed by atoms with E-state index in [1.807, 2.05) is 53.1 Å². The lowest BCUT2D eigenvalue weighted by Gasteiger charge is -2.27. The average Bonchev–Trinajstić information content (AvgIpc) is 3.04. The molecule has 2 heterocycles. The zero-order valence-electron chi connectivity index (χ0n) is 14.7. The van der Waals surface area contributed by atoms with Crippen molar-refractivity contribution >= 4 is 35.3 Å². The van der Waals surface area contributed by atoms with Crippen LogP contribution < -0.4 is 20.1 Å². The maximum Gasteiger partial charge on any atom is 0.267 e. The van der Waals surface area contributed by atoms with Gasteiger partial charge in [0, 0.05) is 5.69 Å². The summed E-state index contributed by atoms with van der Waals surface area (Å²) in [4.78, 5) is 13.3. The Bertz CT molecular complexity index is 1060. The molecular weight excluding hydrogens is 382 g/mol. The summed E-state index contributed by atoms with van der Waals surface area (Å²) >= 11 is 6.80. The van der Waals surface area contributed by atoms with Gasteiger partial charge in [0.2, 0.25) is 0 Å². The number of carbonyl (C=O) groups is 1. The number of fused-ring (bicyclic) bond motifs is 1. The second-order valence-corrected chi connectivity index (χ2v) is 7.53. The van der Waals surface area contributed by atoms with Gasteiger partial charge in [0.05, 0.1) is 14.2 Å². The monoisotopic (exact) mass is 399 g/mol. The molecule has 0 radical (unpaired) electrons. The van der Waals surface area contributed by atoms with Gasteiger partial charge < -0.3 is 20.1 Å². The van der Waals surface area contributed by atoms with Crippen LogP contribution in [0.3, 0.4) is 0 Å². The summed E-state index contributed by atoms with van der Waals surface area (Å²) in [6, 6.07) is 15.3. The van der Waals surface area contributed by atoms with Crippen molar-refractivity contribution < 1.29 is 14.3 Å². The van der Waals surface area contributed by atoms with Crippen LogP contribution in [0.25, 0.3) is 5.69 Å². The maximum absolute atomic E-state index is 12.7. The molecule has 0 aliphatic carbocycles. The van der Waals surface area contributed by atoms with Crippen LogP contribution in [0.4, 0.5) is 5.82 Å². The normalized spacial score (nSPS) is 15.5. The Morgan fingerprint density at radius 1 is 1.04 bits per heavy atom. The SMILES string of the molecule is COc1ccc([C@H]2NC(=O)c3sc(=S)n(-c4ccccc4)c3N2)cc1OC. The van der Waals surface area contributed by atoms with Crippen LogP contribution >= 0.6 is 23.6 Å². The number of anilines is 1. The topological polar surface area (TPSA) is 64.5 Å². The number of aromatic nitrogens is 1. The Morgan fingerprint density at radius 3 is 2.48 bits per heavy atom. The molecule has 6 nitrogen and oxygen atoms in total. The summed E-state index contributed by atoms with van der Waals surface area (Å²) in [7, 11) is 3.17. The number of amides is 1. The minimum absolute atomic E-state index is 0.158. The smallest absolute Gasteiger partial charge is 0.267 e. The Hall–Kier alpha value is -2.84. The fraction of sp³-hybridized carbons (Fsp3) is 0.158. The summed E-state index contributed by atoms with van der Waals surface area (Å²) in [6.45, 7) is 0. The molecule has 0 spiro atoms. The van der Waals surface area contributed by atoms with E-state index < -0.39 is 6.17 Å². The number of rotatable bonds is 4. The molecule has 0 unspecified atom stereocenters. The largest absolute Gasteiger partial charge is 0.493 e. The third-order valence-corrected chi connectivity index (χ3v) is 5.70. The van der Waals surface area contributed by atoms with Crippen molar-refractivity contribution in [3.05, 3.63) is 62.9 Å². The van der Waals surface area contributed by atoms with E-state index in [1.165, 1.54) is 11.3 Å². The van der Waals surface area contributed by atoms with Gasteiger partial charge in [0.15, 0.2) is 15.5 Å². The number of nitrogens with one attached hydrogen (secondary N) is 2. The van der Waals surface area contributed by atoms with Gasteiger partial charge in [-0.3, -0.25) is 9.36 Å². The molecule has 8 heteroatoms. The van der Waals surface area contributed by atoms with Crippen LogP contribution in [0.15, 0.2) is 48.5 Å². The predicted octanol–water partition coefficient (Wildman–Crippen LogP) is 4.14. The molecule has 27 heavy (non-hydrogen) atoms. The van der Waals surface area contributed by atoms with Crippen molar-refractivity contribution in [3.63, 3.8) is 0 Å². The maximum atomic E-state index is 12.7. The van der Waals surface area contributed by atoms with Gasteiger partial charge in [0.25, 0.3) is 5.91 Å². The van der Waals surface area contributed by atoms with Crippen LogP contribution in [-0.4, -0.2) is 24.7 Å². The first-order valence-corrected chi connectivity index (χ1v) is 9.45. The van der Waals surface area contributed by atoms with E-state index in [0.717, 1.165) is 11.3 Å². The van der Waals surface area contributed by atoms with Crippen molar-refractivity contribution in [3.8, 4) is 17.2 Å². The average molecular weight is 399 g/mol. The van der Waals surface area contributed by atoms with Gasteiger partial charge in [-0.05, 0) is 42.0 Å². The molecule has 138 valence electrons. The summed E-state index contributed by atoms with van der Waals surface area (Å²) < 4.78 is 13.2. The van der Waals surface area contributed by atoms with Crippen LogP contribution in [0, 0.1) is 3.95 Å². The Labute approximate surface area is 165 Å². The van der Waals surface area contributed by atoms with Gasteiger partial charge in [-0.2, -0.15) is 0 Å². The zero-order valence-corrected chi connectivity index (χ0v) is 16.3. The number of thiazole rings is 1. The molecule has 2 aromatic carbocycles. The second-order valence-electron chi connectivity index (χ2n) is 5.88. The van der Waals surface area contributed by atoms with Crippen molar-refractivity contribution in [2.75, 3.05) is 19.5 Å². The highest BCUT2D eigenvalue weighted by atomic mass is 32.1. The van der Waals surface area contributed by atoms with E-state index in [0.29, 0.717) is 26.1 Å². The zero-order chi connectivity index (χ0) is 19.0. The number of ether oxygens (including phenoxy) is 2. The lowest BCUT2D eigenvalue weighted by Crippen LogP contribution is -2.38. The number of hydrogen-bond acceptors (Lipinski definition) is 6. The lowest BCUT2D eigenvalue weighted by molar-refractivity contribution is 0.0939. The number of carbonyl (C=O) groups excluding carboxylic acids is 1. The van der Waals surface area contributed by atoms with Crippen LogP contribution in [0.1, 0.15) is 21.4 Å². The predicted molar refractivity (Wildman–Crippen MR) is 108 cm³/mol. The van der Waals surface area contributed by atoms with Gasteiger partial charge in [0.1, 0.15) is 16.9 Å². The first kappa shape index (κ1) is 17.6. The molecule has 2 N–H and O–H groups in total. The van der Waals surface area contributed by atoms with E-state index in [2.05, 4.69) is 10.6 Å². The van der Waals surface area contributed by atoms with E-state index in [-0.39, 0.29) is 5.91 Å². The summed E-state index contributed by atoms with van der Waals surface area (Å²) in [5, 5.41) is 6.37. The molecule has 1 aliphatic rings. The molecular formula is C19H17N3O3S2. The molecule has 1 aliphatic heterocycles. The van der Waals surface area contributed by atoms with E-state index in [9.17, 15) is 4.79 Å². The molecule has 0 fully saturated rings. The van der Waals surface area contributed by atoms with Gasteiger partial charge in [-0.1, -0.05) is 35.6 Å². The van der Waals surface area contributed by atoms with Crippen LogP contribution in [0.2, 0.25) is 0 Å². The minimum Gasteiger partial charge on any atom is -0.493 e. The van der Waals surface area contributed by atoms with Crippen molar-refractivity contribution in [1.82, 2.24) is 9.88 Å². The van der Waals surface area contributed by atoms with Crippen LogP contribution in [-0.2, 0) is 0 Å². The molecule has 0 saturated heterocycles. The number of nitrogens with zero attached hydrogens (tertiary/aromatic N) is 1. The molecule has 3 aromatic rings. The first-order chi connectivity index (χ1) is 13.1. The highest BCUT2D eigenvalue weighted by Gasteiger charge is 2.30. The Balaban J connectivity index is 1.77. The molecule has 1 amide bonds. The molecule has 1 aromatic heterocycles. The number of para-hydroxylation sites is 1. The summed E-state index contributed by atoms with van der Waals surface area (Å²) in [5.74, 6) is 1.77. The van der Waals surface area contributed by atoms with E-state index in [1.54, 1.807) is 14.2 Å². The number of methoxy groups -OCH3 is 2. The molecule has 4 rings (SSSR count). The van der Waals surface area contributed by atoms with Crippen molar-refractivity contribution in [2.24, 2.45) is 0 Å². The quantitative estimate of drug-likeness (QED) is 0.646. The van der Waals surface area contributed by atoms with E-state index >= 15 is 0 Å². The number of benzene rings is 2. The van der Waals surface area contributed by atoms with Crippen molar-refractivity contribution in [1.29, 1.82) is 0 Å². The number of hydrogen-bond donors (Lipinski definition) is 2. The fourth-order valence-corrected chi connectivity index (χ4v) is 4.35. The Morgan fingerprint density at radius 2 is 1.78 bits per heavy atom. The minimum atomic E-state index is -0.413. The lowest BCUT2D eigenvalue weighted by atomic mass is 10.1. The summed E-state index contributed by atoms with van der Waals surface area (Å²) in [5.41, 5.74) is 1.76. The van der Waals surface area contributed by atoms with Gasteiger partial charge in [-0.15, -0.1) is 0 Å². The molecule has 0 bridgehead atoms. The van der Waals surface area contributed by atoms with E-state index in [4.69, 9.17) is 21.7 Å². The van der Waals surface area contributed by atoms with Crippen LogP contribution in [0.5, 0.6) is 11.5 Å². The molecule has 0 saturated carbocycles. The highest BCUT2D eigenvalue weighted by molar-refractivity contribution is 7.73. The highest BCUT2D eigenvalue weighted by Crippen LogP contribution is 2.36. The summed E-state index contributed by atoms with van der Waals surface area (Å²) in [6.07, 6.45) is -0.413. The standard InChI is InChI=1S/C19H17N3O3S2/c1-24-13-9-8-11(10-14(13)25-2)16-20-17-15(18(23)21-16)27-19(26)22(17)12-6-4-3-5-7-12/h3-10,16,20H,1-2H3,(H,21,23)/t16-/m1/s1. The Kier molecular flexibility index (Phi) is 4.59. The third kappa shape index (κ3) is 3.07. The molecule has 1 atom stereocenters. The van der Waals surface area contributed by atoms with Gasteiger partial charge in [-0.25, -0.2) is 0 Å². The van der Waals surface area contributed by atoms with Gasteiger partial charge >= 0.3 is 0 Å².